The zero-order valence-corrected chi connectivity index (χ0v) is 14.1. The van der Waals surface area contributed by atoms with Crippen molar-refractivity contribution in [2.75, 3.05) is 13.6 Å². The van der Waals surface area contributed by atoms with Gasteiger partial charge in [0.2, 0.25) is 23.5 Å². The number of nitrogens with one attached hydrogen (secondary N) is 1. The van der Waals surface area contributed by atoms with Crippen LogP contribution < -0.4 is 5.32 Å². The van der Waals surface area contributed by atoms with E-state index in [1.807, 2.05) is 0 Å². The number of carbonyl (C=O) groups excluding carboxylic acids is 2. The summed E-state index contributed by atoms with van der Waals surface area (Å²) in [5, 5.41) is 6.53. The van der Waals surface area contributed by atoms with E-state index >= 15 is 0 Å². The third-order valence-corrected chi connectivity index (χ3v) is 4.23. The first kappa shape index (κ1) is 17.1. The second-order valence-corrected chi connectivity index (χ2v) is 6.14. The number of aryl methyl sites for hydroxylation is 2. The van der Waals surface area contributed by atoms with E-state index in [0.717, 1.165) is 0 Å². The van der Waals surface area contributed by atoms with E-state index in [0.29, 0.717) is 30.0 Å². The predicted molar refractivity (Wildman–Crippen MR) is 86.9 cm³/mol. The van der Waals surface area contributed by atoms with Crippen LogP contribution in [0.15, 0.2) is 22.7 Å². The topological polar surface area (TPSA) is 88.3 Å². The summed E-state index contributed by atoms with van der Waals surface area (Å²) >= 11 is 0. The van der Waals surface area contributed by atoms with Crippen LogP contribution in [0.25, 0.3) is 11.4 Å². The number of hydrogen-bond donors (Lipinski definition) is 1. The first-order valence-corrected chi connectivity index (χ1v) is 8.07. The number of rotatable bonds is 5. The zero-order chi connectivity index (χ0) is 18.0. The van der Waals surface area contributed by atoms with Gasteiger partial charge in [-0.15, -0.1) is 0 Å². The van der Waals surface area contributed by atoms with Crippen molar-refractivity contribution in [1.29, 1.82) is 0 Å². The minimum absolute atomic E-state index is 0.0742. The fourth-order valence-corrected chi connectivity index (χ4v) is 2.65. The Morgan fingerprint density at radius 3 is 2.96 bits per heavy atom. The highest BCUT2D eigenvalue weighted by Gasteiger charge is 2.30. The molecule has 1 atom stereocenters. The second-order valence-electron chi connectivity index (χ2n) is 6.14. The maximum Gasteiger partial charge on any atom is 0.244 e. The Morgan fingerprint density at radius 2 is 2.28 bits per heavy atom. The molecule has 2 aromatic rings. The van der Waals surface area contributed by atoms with Gasteiger partial charge in [-0.05, 0) is 25.0 Å². The molecule has 1 N–H and O–H groups in total. The molecule has 1 aromatic heterocycles. The molecule has 1 aromatic carbocycles. The standard InChI is InChI=1S/C17H19FN4O3/c1-10-3-4-11(9-12(10)18)16-20-15(25-21-16)6-5-14(23)19-13-7-8-22(2)17(13)24/h3-4,9,13H,5-8H2,1-2H3,(H,19,23)/t13-/m1/s1. The smallest absolute Gasteiger partial charge is 0.244 e. The average molecular weight is 346 g/mol. The van der Waals surface area contributed by atoms with E-state index in [1.165, 1.54) is 6.07 Å². The fraction of sp³-hybridized carbons (Fsp3) is 0.412. The summed E-state index contributed by atoms with van der Waals surface area (Å²) in [7, 11) is 1.71. The average Bonchev–Trinajstić information content (AvgIpc) is 3.18. The first-order chi connectivity index (χ1) is 11.9. The molecule has 1 aliphatic heterocycles. The lowest BCUT2D eigenvalue weighted by Gasteiger charge is -2.11. The summed E-state index contributed by atoms with van der Waals surface area (Å²) in [6, 6.07) is 4.25. The summed E-state index contributed by atoms with van der Waals surface area (Å²) in [5.41, 5.74) is 1.05. The number of nitrogens with zero attached hydrogens (tertiary/aromatic N) is 3. The van der Waals surface area contributed by atoms with Crippen molar-refractivity contribution in [3.8, 4) is 11.4 Å². The number of likely N-dealkylation sites (N-methyl/N-ethyl adjacent to an activating group) is 1. The summed E-state index contributed by atoms with van der Waals surface area (Å²) in [6.45, 7) is 2.32. The molecule has 1 saturated heterocycles. The lowest BCUT2D eigenvalue weighted by Crippen LogP contribution is -2.40. The van der Waals surface area contributed by atoms with Crippen LogP contribution in [0.4, 0.5) is 4.39 Å². The summed E-state index contributed by atoms with van der Waals surface area (Å²) in [6.07, 6.45) is 1.01. The molecule has 7 nitrogen and oxygen atoms in total. The zero-order valence-electron chi connectivity index (χ0n) is 14.1. The van der Waals surface area contributed by atoms with Crippen molar-refractivity contribution in [3.63, 3.8) is 0 Å². The molecule has 0 unspecified atom stereocenters. The van der Waals surface area contributed by atoms with Gasteiger partial charge < -0.3 is 14.7 Å². The fourth-order valence-electron chi connectivity index (χ4n) is 2.65. The van der Waals surface area contributed by atoms with Crippen molar-refractivity contribution < 1.29 is 18.5 Å². The van der Waals surface area contributed by atoms with Crippen LogP contribution in [-0.2, 0) is 16.0 Å². The predicted octanol–water partition coefficient (Wildman–Crippen LogP) is 1.46. The van der Waals surface area contributed by atoms with Gasteiger partial charge in [0.1, 0.15) is 11.9 Å². The Labute approximate surface area is 144 Å². The lowest BCUT2D eigenvalue weighted by molar-refractivity contribution is -0.131. The first-order valence-electron chi connectivity index (χ1n) is 8.07. The number of carbonyl (C=O) groups is 2. The third kappa shape index (κ3) is 3.84. The highest BCUT2D eigenvalue weighted by molar-refractivity contribution is 5.88. The molecule has 132 valence electrons. The van der Waals surface area contributed by atoms with Crippen LogP contribution in [0.5, 0.6) is 0 Å². The molecule has 0 spiro atoms. The van der Waals surface area contributed by atoms with E-state index in [9.17, 15) is 14.0 Å². The van der Waals surface area contributed by atoms with E-state index in [1.54, 1.807) is 31.0 Å². The van der Waals surface area contributed by atoms with Crippen LogP contribution in [0, 0.1) is 12.7 Å². The van der Waals surface area contributed by atoms with Crippen LogP contribution in [0.1, 0.15) is 24.3 Å². The summed E-state index contributed by atoms with van der Waals surface area (Å²) < 4.78 is 18.7. The Bertz CT molecular complexity index is 805. The molecule has 2 amide bonds. The van der Waals surface area contributed by atoms with Gasteiger partial charge >= 0.3 is 0 Å². The molecule has 2 heterocycles. The van der Waals surface area contributed by atoms with Gasteiger partial charge in [0.15, 0.2) is 0 Å². The second kappa shape index (κ2) is 7.00. The van der Waals surface area contributed by atoms with Gasteiger partial charge in [0, 0.05) is 32.0 Å². The largest absolute Gasteiger partial charge is 0.344 e. The number of amides is 2. The number of hydrogen-bond acceptors (Lipinski definition) is 5. The molecule has 25 heavy (non-hydrogen) atoms. The maximum atomic E-state index is 13.6. The van der Waals surface area contributed by atoms with Crippen molar-refractivity contribution in [2.24, 2.45) is 0 Å². The lowest BCUT2D eigenvalue weighted by atomic mass is 10.1. The van der Waals surface area contributed by atoms with Crippen LogP contribution in [0.2, 0.25) is 0 Å². The molecule has 0 bridgehead atoms. The van der Waals surface area contributed by atoms with E-state index in [4.69, 9.17) is 4.52 Å². The molecular formula is C17H19FN4O3. The van der Waals surface area contributed by atoms with Crippen LogP contribution in [0.3, 0.4) is 0 Å². The van der Waals surface area contributed by atoms with Gasteiger partial charge in [0.25, 0.3) is 0 Å². The van der Waals surface area contributed by atoms with E-state index < -0.39 is 6.04 Å². The summed E-state index contributed by atoms with van der Waals surface area (Å²) in [4.78, 5) is 29.5. The Kier molecular flexibility index (Phi) is 4.78. The quantitative estimate of drug-likeness (QED) is 0.885. The molecule has 0 radical (unpaired) electrons. The Hall–Kier alpha value is -2.77. The van der Waals surface area contributed by atoms with Crippen molar-refractivity contribution >= 4 is 11.8 Å². The van der Waals surface area contributed by atoms with Gasteiger partial charge in [-0.2, -0.15) is 4.98 Å². The van der Waals surface area contributed by atoms with E-state index in [2.05, 4.69) is 15.5 Å². The highest BCUT2D eigenvalue weighted by Crippen LogP contribution is 2.19. The minimum atomic E-state index is -0.453. The van der Waals surface area contributed by atoms with Crippen LogP contribution in [-0.4, -0.2) is 46.5 Å². The Morgan fingerprint density at radius 1 is 1.48 bits per heavy atom. The number of likely N-dealkylation sites (tertiary alicyclic amines) is 1. The molecular weight excluding hydrogens is 327 g/mol. The third-order valence-electron chi connectivity index (χ3n) is 4.23. The van der Waals surface area contributed by atoms with Crippen molar-refractivity contribution in [2.45, 2.75) is 32.2 Å². The van der Waals surface area contributed by atoms with Gasteiger partial charge in [-0.3, -0.25) is 9.59 Å². The number of halogens is 1. The van der Waals surface area contributed by atoms with Crippen molar-refractivity contribution in [1.82, 2.24) is 20.4 Å². The van der Waals surface area contributed by atoms with E-state index in [-0.39, 0.29) is 36.3 Å². The number of aromatic nitrogens is 2. The van der Waals surface area contributed by atoms with Gasteiger partial charge in [0.05, 0.1) is 0 Å². The maximum absolute atomic E-state index is 13.6. The monoisotopic (exact) mass is 346 g/mol. The number of benzene rings is 1. The molecule has 1 aliphatic rings. The molecule has 0 aliphatic carbocycles. The summed E-state index contributed by atoms with van der Waals surface area (Å²) in [5.74, 6) is -0.0815. The molecule has 8 heteroatoms. The molecule has 1 fully saturated rings. The minimum Gasteiger partial charge on any atom is -0.344 e. The van der Waals surface area contributed by atoms with Crippen molar-refractivity contribution in [3.05, 3.63) is 35.5 Å². The Balaban J connectivity index is 1.55. The van der Waals surface area contributed by atoms with Gasteiger partial charge in [-0.25, -0.2) is 4.39 Å². The van der Waals surface area contributed by atoms with Gasteiger partial charge in [-0.1, -0.05) is 17.3 Å². The SMILES string of the molecule is Cc1ccc(-c2noc(CCC(=O)N[C@@H]3CCN(C)C3=O)n2)cc1F. The van der Waals surface area contributed by atoms with Crippen LogP contribution >= 0.6 is 0 Å². The molecule has 0 saturated carbocycles. The normalized spacial score (nSPS) is 17.2. The highest BCUT2D eigenvalue weighted by atomic mass is 19.1. The molecule has 3 rings (SSSR count).